The third-order valence-electron chi connectivity index (χ3n) is 5.91. The van der Waals surface area contributed by atoms with Gasteiger partial charge in [-0.2, -0.15) is 0 Å². The normalized spacial score (nSPS) is 16.7. The molecule has 1 aromatic carbocycles. The number of carbonyl (C=O) groups excluding carboxylic acids is 2. The van der Waals surface area contributed by atoms with Crippen molar-refractivity contribution in [3.63, 3.8) is 0 Å². The average Bonchev–Trinajstić information content (AvgIpc) is 2.95. The molecule has 2 heterocycles. The van der Waals surface area contributed by atoms with E-state index in [0.717, 1.165) is 0 Å². The topological polar surface area (TPSA) is 84.0 Å². The minimum absolute atomic E-state index is 0.0211. The molecule has 7 nitrogen and oxygen atoms in total. The molecule has 0 radical (unpaired) electrons. The number of pyridine rings is 1. The van der Waals surface area contributed by atoms with Crippen LogP contribution < -0.4 is 10.2 Å². The molecule has 3 rings (SSSR count). The van der Waals surface area contributed by atoms with Crippen LogP contribution in [0.2, 0.25) is 0 Å². The quantitative estimate of drug-likeness (QED) is 0.481. The zero-order chi connectivity index (χ0) is 23.7. The Labute approximate surface area is 187 Å². The maximum Gasteiger partial charge on any atom is 0.498 e. The van der Waals surface area contributed by atoms with E-state index in [0.29, 0.717) is 16.8 Å². The summed E-state index contributed by atoms with van der Waals surface area (Å²) in [6.07, 6.45) is 1.31. The van der Waals surface area contributed by atoms with Gasteiger partial charge < -0.3 is 18.8 Å². The Balaban J connectivity index is 1.78. The minimum atomic E-state index is -0.789. The molecular weight excluding hydrogens is 416 g/mol. The lowest BCUT2D eigenvalue weighted by Gasteiger charge is -2.32. The fourth-order valence-corrected chi connectivity index (χ4v) is 3.38. The van der Waals surface area contributed by atoms with E-state index in [9.17, 15) is 14.0 Å². The van der Waals surface area contributed by atoms with E-state index in [1.165, 1.54) is 38.6 Å². The standard InChI is InChI=1S/C23H27BFNO6/c1-22(2)23(3,4)32-24(31-22)17-13-18(25)15(12-20(17)29-5)11-16(27)9-14-7-8-26-19(10-14)21(28)30-6/h7-8,10,12-13H,9,11H2,1-6H3. The summed E-state index contributed by atoms with van der Waals surface area (Å²) < 4.78 is 37.0. The van der Waals surface area contributed by atoms with Gasteiger partial charge in [0.1, 0.15) is 23.0 Å². The van der Waals surface area contributed by atoms with Crippen LogP contribution in [0.4, 0.5) is 4.39 Å². The van der Waals surface area contributed by atoms with Gasteiger partial charge in [-0.3, -0.25) is 4.79 Å². The van der Waals surface area contributed by atoms with Crippen molar-refractivity contribution in [2.24, 2.45) is 0 Å². The summed E-state index contributed by atoms with van der Waals surface area (Å²) in [6, 6.07) is 5.91. The van der Waals surface area contributed by atoms with E-state index in [-0.39, 0.29) is 29.9 Å². The van der Waals surface area contributed by atoms with Gasteiger partial charge in [0, 0.05) is 24.5 Å². The summed E-state index contributed by atoms with van der Waals surface area (Å²) in [6.45, 7) is 7.64. The van der Waals surface area contributed by atoms with Gasteiger partial charge in [-0.1, -0.05) is 0 Å². The van der Waals surface area contributed by atoms with Crippen molar-refractivity contribution in [1.29, 1.82) is 0 Å². The molecule has 32 heavy (non-hydrogen) atoms. The van der Waals surface area contributed by atoms with Crippen LogP contribution in [0, 0.1) is 5.82 Å². The number of ether oxygens (including phenoxy) is 2. The summed E-state index contributed by atoms with van der Waals surface area (Å²) in [7, 11) is 1.94. The molecule has 170 valence electrons. The molecule has 1 fully saturated rings. The first-order valence-corrected chi connectivity index (χ1v) is 10.2. The number of carbonyl (C=O) groups is 2. The highest BCUT2D eigenvalue weighted by Crippen LogP contribution is 2.37. The predicted octanol–water partition coefficient (Wildman–Crippen LogP) is 2.67. The highest BCUT2D eigenvalue weighted by Gasteiger charge is 2.52. The van der Waals surface area contributed by atoms with Gasteiger partial charge in [0.05, 0.1) is 25.4 Å². The van der Waals surface area contributed by atoms with Gasteiger partial charge in [0.25, 0.3) is 0 Å². The third kappa shape index (κ3) is 4.84. The zero-order valence-electron chi connectivity index (χ0n) is 19.2. The molecule has 0 unspecified atom stereocenters. The second-order valence-corrected chi connectivity index (χ2v) is 8.71. The zero-order valence-corrected chi connectivity index (χ0v) is 19.2. The summed E-state index contributed by atoms with van der Waals surface area (Å²) in [4.78, 5) is 28.1. The van der Waals surface area contributed by atoms with Gasteiger partial charge in [-0.05, 0) is 63.1 Å². The molecule has 2 aromatic rings. The van der Waals surface area contributed by atoms with E-state index in [1.54, 1.807) is 6.07 Å². The van der Waals surface area contributed by atoms with Crippen molar-refractivity contribution in [2.75, 3.05) is 14.2 Å². The van der Waals surface area contributed by atoms with Gasteiger partial charge in [-0.25, -0.2) is 14.2 Å². The van der Waals surface area contributed by atoms with Crippen LogP contribution >= 0.6 is 0 Å². The number of esters is 1. The molecule has 0 atom stereocenters. The number of rotatable bonds is 7. The molecule has 1 aromatic heterocycles. The third-order valence-corrected chi connectivity index (χ3v) is 5.91. The molecule has 0 bridgehead atoms. The first kappa shape index (κ1) is 23.9. The Morgan fingerprint density at radius 2 is 1.72 bits per heavy atom. The number of halogens is 1. The summed E-state index contributed by atoms with van der Waals surface area (Å²) in [5, 5.41) is 0. The number of aromatic nitrogens is 1. The smallest absolute Gasteiger partial charge is 0.497 e. The molecule has 0 aliphatic carbocycles. The SMILES string of the molecule is COC(=O)c1cc(CC(=O)Cc2cc(OC)c(B3OC(C)(C)C(C)(C)O3)cc2F)ccn1. The van der Waals surface area contributed by atoms with Crippen molar-refractivity contribution >= 4 is 24.3 Å². The Hall–Kier alpha value is -2.78. The molecular formula is C23H27BFNO6. The number of hydrogen-bond donors (Lipinski definition) is 0. The summed E-state index contributed by atoms with van der Waals surface area (Å²) in [5.74, 6) is -0.983. The van der Waals surface area contributed by atoms with Crippen molar-refractivity contribution in [1.82, 2.24) is 4.98 Å². The minimum Gasteiger partial charge on any atom is -0.497 e. The van der Waals surface area contributed by atoms with Crippen LogP contribution in [0.3, 0.4) is 0 Å². The van der Waals surface area contributed by atoms with E-state index in [1.807, 2.05) is 27.7 Å². The fraction of sp³-hybridized carbons (Fsp3) is 0.435. The van der Waals surface area contributed by atoms with E-state index < -0.39 is 30.1 Å². The first-order chi connectivity index (χ1) is 15.0. The van der Waals surface area contributed by atoms with Crippen LogP contribution in [-0.2, 0) is 31.7 Å². The van der Waals surface area contributed by atoms with Crippen molar-refractivity contribution < 1.29 is 32.8 Å². The van der Waals surface area contributed by atoms with Crippen molar-refractivity contribution in [3.05, 3.63) is 53.1 Å². The van der Waals surface area contributed by atoms with Gasteiger partial charge >= 0.3 is 13.1 Å². The number of Topliss-reactive ketones (excluding diaryl/α,β-unsaturated/α-hetero) is 1. The maximum absolute atomic E-state index is 14.9. The Kier molecular flexibility index (Phi) is 6.71. The molecule has 0 amide bonds. The number of methoxy groups -OCH3 is 2. The van der Waals surface area contributed by atoms with E-state index in [4.69, 9.17) is 14.0 Å². The van der Waals surface area contributed by atoms with Crippen LogP contribution in [0.15, 0.2) is 30.5 Å². The second-order valence-electron chi connectivity index (χ2n) is 8.71. The Bertz CT molecular complexity index is 1020. The molecule has 1 saturated heterocycles. The predicted molar refractivity (Wildman–Crippen MR) is 117 cm³/mol. The average molecular weight is 443 g/mol. The van der Waals surface area contributed by atoms with Gasteiger partial charge in [-0.15, -0.1) is 0 Å². The Morgan fingerprint density at radius 3 is 2.31 bits per heavy atom. The monoisotopic (exact) mass is 443 g/mol. The van der Waals surface area contributed by atoms with Crippen LogP contribution in [0.1, 0.15) is 49.3 Å². The highest BCUT2D eigenvalue weighted by atomic mass is 19.1. The number of hydrogen-bond acceptors (Lipinski definition) is 7. The number of ketones is 1. The lowest BCUT2D eigenvalue weighted by molar-refractivity contribution is -0.117. The van der Waals surface area contributed by atoms with Crippen LogP contribution in [0.25, 0.3) is 0 Å². The lowest BCUT2D eigenvalue weighted by atomic mass is 9.77. The van der Waals surface area contributed by atoms with Crippen LogP contribution in [0.5, 0.6) is 5.75 Å². The number of benzene rings is 1. The molecule has 0 N–H and O–H groups in total. The first-order valence-electron chi connectivity index (χ1n) is 10.2. The van der Waals surface area contributed by atoms with Crippen molar-refractivity contribution in [2.45, 2.75) is 51.7 Å². The number of nitrogens with zero attached hydrogens (tertiary/aromatic N) is 1. The summed E-state index contributed by atoms with van der Waals surface area (Å²) >= 11 is 0. The second kappa shape index (κ2) is 9.00. The highest BCUT2D eigenvalue weighted by molar-refractivity contribution is 6.63. The maximum atomic E-state index is 14.9. The Morgan fingerprint density at radius 1 is 1.06 bits per heavy atom. The van der Waals surface area contributed by atoms with E-state index in [2.05, 4.69) is 9.72 Å². The largest absolute Gasteiger partial charge is 0.498 e. The van der Waals surface area contributed by atoms with Gasteiger partial charge in [0.15, 0.2) is 0 Å². The molecule has 1 aliphatic rings. The molecule has 0 saturated carbocycles. The van der Waals surface area contributed by atoms with E-state index >= 15 is 0 Å². The van der Waals surface area contributed by atoms with Crippen LogP contribution in [-0.4, -0.2) is 49.3 Å². The summed E-state index contributed by atoms with van der Waals surface area (Å²) in [5.41, 5.74) is 0.165. The lowest BCUT2D eigenvalue weighted by Crippen LogP contribution is -2.41. The van der Waals surface area contributed by atoms with Crippen molar-refractivity contribution in [3.8, 4) is 5.75 Å². The molecule has 1 aliphatic heterocycles. The molecule has 9 heteroatoms. The fourth-order valence-electron chi connectivity index (χ4n) is 3.38. The molecule has 0 spiro atoms. The van der Waals surface area contributed by atoms with Gasteiger partial charge in [0.2, 0.25) is 0 Å².